The largest absolute Gasteiger partial charge is 0.352 e. The SMILES string of the molecule is Cc1cccc(-c2noc(CN3CCCC(C(=O)NCc4ccc(CN5CCCC5=O)cc4)C3)n2)c1. The molecule has 1 unspecified atom stereocenters. The van der Waals surface area contributed by atoms with Gasteiger partial charge in [0.1, 0.15) is 0 Å². The van der Waals surface area contributed by atoms with E-state index in [1.165, 1.54) is 0 Å². The summed E-state index contributed by atoms with van der Waals surface area (Å²) in [6.45, 7) is 6.18. The van der Waals surface area contributed by atoms with Crippen LogP contribution >= 0.6 is 0 Å². The highest BCUT2D eigenvalue weighted by Crippen LogP contribution is 2.21. The van der Waals surface area contributed by atoms with Gasteiger partial charge in [-0.15, -0.1) is 0 Å². The molecule has 2 saturated heterocycles. The van der Waals surface area contributed by atoms with Crippen LogP contribution in [0.1, 0.15) is 48.3 Å². The molecule has 188 valence electrons. The molecule has 1 N–H and O–H groups in total. The molecule has 1 atom stereocenters. The van der Waals surface area contributed by atoms with Crippen molar-refractivity contribution in [2.45, 2.75) is 52.2 Å². The number of rotatable bonds is 8. The Balaban J connectivity index is 1.10. The standard InChI is InChI=1S/C28H33N5O3/c1-20-5-2-6-23(15-20)27-30-25(36-31-27)19-32-13-3-7-24(18-32)28(35)29-16-21-9-11-22(12-10-21)17-33-14-4-8-26(33)34/h2,5-6,9-12,15,24H,3-4,7-8,13-14,16-19H2,1H3,(H,29,35). The summed E-state index contributed by atoms with van der Waals surface area (Å²) in [5.74, 6) is 1.43. The number of hydrogen-bond acceptors (Lipinski definition) is 6. The highest BCUT2D eigenvalue weighted by Gasteiger charge is 2.27. The van der Waals surface area contributed by atoms with Crippen molar-refractivity contribution in [3.8, 4) is 11.4 Å². The summed E-state index contributed by atoms with van der Waals surface area (Å²) in [6.07, 6.45) is 3.45. The molecule has 8 heteroatoms. The molecule has 2 fully saturated rings. The van der Waals surface area contributed by atoms with E-state index in [4.69, 9.17) is 4.52 Å². The van der Waals surface area contributed by atoms with Gasteiger partial charge in [0, 0.05) is 38.2 Å². The number of carbonyl (C=O) groups excluding carboxylic acids is 2. The molecule has 2 aliphatic heterocycles. The zero-order chi connectivity index (χ0) is 24.9. The van der Waals surface area contributed by atoms with Crippen LogP contribution in [0.25, 0.3) is 11.4 Å². The fourth-order valence-corrected chi connectivity index (χ4v) is 5.01. The molecule has 0 saturated carbocycles. The van der Waals surface area contributed by atoms with Crippen molar-refractivity contribution in [3.05, 3.63) is 71.1 Å². The number of likely N-dealkylation sites (tertiary alicyclic amines) is 2. The molecule has 3 aromatic rings. The molecule has 36 heavy (non-hydrogen) atoms. The molecular formula is C28H33N5O3. The fourth-order valence-electron chi connectivity index (χ4n) is 5.01. The fraction of sp³-hybridized carbons (Fsp3) is 0.429. The van der Waals surface area contributed by atoms with Crippen molar-refractivity contribution < 1.29 is 14.1 Å². The number of nitrogens with one attached hydrogen (secondary N) is 1. The second-order valence-corrected chi connectivity index (χ2v) is 9.91. The maximum absolute atomic E-state index is 12.9. The predicted octanol–water partition coefficient (Wildman–Crippen LogP) is 3.70. The van der Waals surface area contributed by atoms with Crippen molar-refractivity contribution >= 4 is 11.8 Å². The minimum atomic E-state index is -0.0571. The van der Waals surface area contributed by atoms with Crippen molar-refractivity contribution in [2.75, 3.05) is 19.6 Å². The zero-order valence-corrected chi connectivity index (χ0v) is 20.8. The van der Waals surface area contributed by atoms with E-state index in [0.717, 1.165) is 54.6 Å². The molecule has 0 spiro atoms. The van der Waals surface area contributed by atoms with Gasteiger partial charge in [-0.3, -0.25) is 14.5 Å². The van der Waals surface area contributed by atoms with Crippen LogP contribution < -0.4 is 5.32 Å². The van der Waals surface area contributed by atoms with Gasteiger partial charge in [-0.1, -0.05) is 53.2 Å². The van der Waals surface area contributed by atoms with E-state index in [2.05, 4.69) is 20.4 Å². The normalized spacial score (nSPS) is 18.5. The third-order valence-corrected chi connectivity index (χ3v) is 7.01. The number of benzene rings is 2. The summed E-state index contributed by atoms with van der Waals surface area (Å²) in [5, 5.41) is 7.24. The average molecular weight is 488 g/mol. The van der Waals surface area contributed by atoms with Gasteiger partial charge in [-0.2, -0.15) is 4.98 Å². The Bertz CT molecular complexity index is 1210. The number of hydrogen-bond donors (Lipinski definition) is 1. The molecule has 1 aromatic heterocycles. The van der Waals surface area contributed by atoms with Crippen molar-refractivity contribution in [2.24, 2.45) is 5.92 Å². The van der Waals surface area contributed by atoms with Crippen LogP contribution in [0.5, 0.6) is 0 Å². The molecule has 3 heterocycles. The number of piperidine rings is 1. The van der Waals surface area contributed by atoms with E-state index in [-0.39, 0.29) is 17.7 Å². The van der Waals surface area contributed by atoms with Gasteiger partial charge < -0.3 is 14.7 Å². The smallest absolute Gasteiger partial charge is 0.241 e. The molecule has 2 aliphatic rings. The molecular weight excluding hydrogens is 454 g/mol. The van der Waals surface area contributed by atoms with Gasteiger partial charge in [-0.25, -0.2) is 0 Å². The van der Waals surface area contributed by atoms with Crippen LogP contribution in [0, 0.1) is 12.8 Å². The topological polar surface area (TPSA) is 91.6 Å². The minimum Gasteiger partial charge on any atom is -0.352 e. The Morgan fingerprint density at radius 1 is 1.08 bits per heavy atom. The van der Waals surface area contributed by atoms with Gasteiger partial charge in [0.2, 0.25) is 23.5 Å². The predicted molar refractivity (Wildman–Crippen MR) is 135 cm³/mol. The first kappa shape index (κ1) is 24.2. The lowest BCUT2D eigenvalue weighted by molar-refractivity contribution is -0.128. The van der Waals surface area contributed by atoms with Gasteiger partial charge in [-0.05, 0) is 49.9 Å². The second-order valence-electron chi connectivity index (χ2n) is 9.91. The first-order valence-electron chi connectivity index (χ1n) is 12.8. The van der Waals surface area contributed by atoms with Crippen molar-refractivity contribution in [3.63, 3.8) is 0 Å². The molecule has 5 rings (SSSR count). The molecule has 2 amide bonds. The number of carbonyl (C=O) groups is 2. The van der Waals surface area contributed by atoms with Crippen LogP contribution in [0.4, 0.5) is 0 Å². The summed E-state index contributed by atoms with van der Waals surface area (Å²) >= 11 is 0. The Kier molecular flexibility index (Phi) is 7.41. The number of aromatic nitrogens is 2. The van der Waals surface area contributed by atoms with Crippen LogP contribution in [0.15, 0.2) is 53.1 Å². The number of amides is 2. The Hall–Kier alpha value is -3.52. The van der Waals surface area contributed by atoms with Gasteiger partial charge in [0.25, 0.3) is 0 Å². The highest BCUT2D eigenvalue weighted by molar-refractivity contribution is 5.79. The summed E-state index contributed by atoms with van der Waals surface area (Å²) < 4.78 is 5.49. The van der Waals surface area contributed by atoms with Crippen molar-refractivity contribution in [1.29, 1.82) is 0 Å². The summed E-state index contributed by atoms with van der Waals surface area (Å²) in [4.78, 5) is 33.4. The Morgan fingerprint density at radius 2 is 1.92 bits per heavy atom. The molecule has 2 aromatic carbocycles. The monoisotopic (exact) mass is 487 g/mol. The zero-order valence-electron chi connectivity index (χ0n) is 20.8. The van der Waals surface area contributed by atoms with E-state index >= 15 is 0 Å². The van der Waals surface area contributed by atoms with Crippen LogP contribution in [0.2, 0.25) is 0 Å². The van der Waals surface area contributed by atoms with Crippen LogP contribution in [0.3, 0.4) is 0 Å². The molecule has 0 aliphatic carbocycles. The summed E-state index contributed by atoms with van der Waals surface area (Å²) in [6, 6.07) is 16.2. The number of aryl methyl sites for hydroxylation is 1. The van der Waals surface area contributed by atoms with E-state index in [1.54, 1.807) is 0 Å². The van der Waals surface area contributed by atoms with E-state index in [1.807, 2.05) is 60.4 Å². The lowest BCUT2D eigenvalue weighted by Gasteiger charge is -2.30. The summed E-state index contributed by atoms with van der Waals surface area (Å²) in [7, 11) is 0. The quantitative estimate of drug-likeness (QED) is 0.521. The first-order valence-corrected chi connectivity index (χ1v) is 12.8. The van der Waals surface area contributed by atoms with Crippen LogP contribution in [-0.4, -0.2) is 51.4 Å². The van der Waals surface area contributed by atoms with Crippen molar-refractivity contribution in [1.82, 2.24) is 25.3 Å². The first-order chi connectivity index (χ1) is 17.5. The third kappa shape index (κ3) is 5.99. The molecule has 0 radical (unpaired) electrons. The highest BCUT2D eigenvalue weighted by atomic mass is 16.5. The minimum absolute atomic E-state index is 0.0571. The third-order valence-electron chi connectivity index (χ3n) is 7.01. The van der Waals surface area contributed by atoms with Crippen LogP contribution in [-0.2, 0) is 29.2 Å². The lowest BCUT2D eigenvalue weighted by atomic mass is 9.97. The number of nitrogens with zero attached hydrogens (tertiary/aromatic N) is 4. The average Bonchev–Trinajstić information content (AvgIpc) is 3.52. The summed E-state index contributed by atoms with van der Waals surface area (Å²) in [5.41, 5.74) is 4.27. The Labute approximate surface area is 211 Å². The van der Waals surface area contributed by atoms with E-state index < -0.39 is 0 Å². The maximum Gasteiger partial charge on any atom is 0.241 e. The van der Waals surface area contributed by atoms with Gasteiger partial charge >= 0.3 is 0 Å². The Morgan fingerprint density at radius 3 is 2.69 bits per heavy atom. The molecule has 0 bridgehead atoms. The van der Waals surface area contributed by atoms with E-state index in [9.17, 15) is 9.59 Å². The van der Waals surface area contributed by atoms with Gasteiger partial charge in [0.05, 0.1) is 12.5 Å². The van der Waals surface area contributed by atoms with Gasteiger partial charge in [0.15, 0.2) is 0 Å². The lowest BCUT2D eigenvalue weighted by Crippen LogP contribution is -2.42. The maximum atomic E-state index is 12.9. The molecule has 8 nitrogen and oxygen atoms in total. The van der Waals surface area contributed by atoms with E-state index in [0.29, 0.717) is 44.3 Å². The second kappa shape index (κ2) is 11.0.